The van der Waals surface area contributed by atoms with Crippen LogP contribution in [-0.4, -0.2) is 6.47 Å². The molecule has 2 heteroatoms. The van der Waals surface area contributed by atoms with Crippen molar-refractivity contribution >= 4 is 6.47 Å². The van der Waals surface area contributed by atoms with Gasteiger partial charge in [-0.25, -0.2) is 0 Å². The molecule has 0 bridgehead atoms. The third kappa shape index (κ3) is 6.23. The molecule has 0 fully saturated rings. The minimum atomic E-state index is -0.107. The van der Waals surface area contributed by atoms with Crippen molar-refractivity contribution in [2.45, 2.75) is 64.9 Å². The highest BCUT2D eigenvalue weighted by atomic mass is 16.5. The molecule has 112 valence electrons. The first-order valence-corrected chi connectivity index (χ1v) is 7.93. The maximum Gasteiger partial charge on any atom is 0.293 e. The SMILES string of the molecule is CCCCCCCCC(C)C(OC=O)c1ccccc1. The van der Waals surface area contributed by atoms with Crippen LogP contribution in [0.4, 0.5) is 0 Å². The topological polar surface area (TPSA) is 26.3 Å². The van der Waals surface area contributed by atoms with E-state index in [4.69, 9.17) is 4.74 Å². The van der Waals surface area contributed by atoms with E-state index in [-0.39, 0.29) is 6.10 Å². The lowest BCUT2D eigenvalue weighted by atomic mass is 9.92. The minimum absolute atomic E-state index is 0.107. The molecule has 0 heterocycles. The van der Waals surface area contributed by atoms with Crippen molar-refractivity contribution in [2.24, 2.45) is 5.92 Å². The van der Waals surface area contributed by atoms with Crippen molar-refractivity contribution < 1.29 is 9.53 Å². The van der Waals surface area contributed by atoms with Gasteiger partial charge in [0, 0.05) is 0 Å². The highest BCUT2D eigenvalue weighted by molar-refractivity contribution is 5.38. The van der Waals surface area contributed by atoms with Crippen LogP contribution in [0.3, 0.4) is 0 Å². The van der Waals surface area contributed by atoms with Crippen LogP contribution in [0.5, 0.6) is 0 Å². The van der Waals surface area contributed by atoms with Crippen LogP contribution < -0.4 is 0 Å². The summed E-state index contributed by atoms with van der Waals surface area (Å²) in [5.41, 5.74) is 1.10. The Balaban J connectivity index is 2.37. The van der Waals surface area contributed by atoms with Gasteiger partial charge in [0.1, 0.15) is 6.10 Å². The second-order valence-corrected chi connectivity index (χ2v) is 5.60. The molecule has 0 aliphatic carbocycles. The summed E-state index contributed by atoms with van der Waals surface area (Å²) in [6.07, 6.45) is 8.81. The molecule has 0 radical (unpaired) electrons. The molecule has 0 aliphatic rings. The Morgan fingerprint density at radius 3 is 2.35 bits per heavy atom. The van der Waals surface area contributed by atoms with E-state index in [0.29, 0.717) is 12.4 Å². The van der Waals surface area contributed by atoms with Gasteiger partial charge in [-0.3, -0.25) is 4.79 Å². The van der Waals surface area contributed by atoms with Gasteiger partial charge in [-0.15, -0.1) is 0 Å². The van der Waals surface area contributed by atoms with E-state index in [2.05, 4.69) is 13.8 Å². The lowest BCUT2D eigenvalue weighted by Crippen LogP contribution is -2.13. The number of ether oxygens (including phenoxy) is 1. The second-order valence-electron chi connectivity index (χ2n) is 5.60. The van der Waals surface area contributed by atoms with E-state index in [1.54, 1.807) is 0 Å². The summed E-state index contributed by atoms with van der Waals surface area (Å²) in [7, 11) is 0. The number of carbonyl (C=O) groups excluding carboxylic acids is 1. The Kier molecular flexibility index (Phi) is 8.77. The van der Waals surface area contributed by atoms with Gasteiger partial charge in [0.2, 0.25) is 0 Å². The van der Waals surface area contributed by atoms with Crippen LogP contribution in [0.1, 0.15) is 70.5 Å². The Morgan fingerprint density at radius 2 is 1.70 bits per heavy atom. The van der Waals surface area contributed by atoms with Crippen molar-refractivity contribution in [3.8, 4) is 0 Å². The molecular weight excluding hydrogens is 248 g/mol. The van der Waals surface area contributed by atoms with Gasteiger partial charge in [0.25, 0.3) is 6.47 Å². The van der Waals surface area contributed by atoms with Gasteiger partial charge >= 0.3 is 0 Å². The summed E-state index contributed by atoms with van der Waals surface area (Å²) in [5, 5.41) is 0. The summed E-state index contributed by atoms with van der Waals surface area (Å²) >= 11 is 0. The molecule has 20 heavy (non-hydrogen) atoms. The molecule has 2 atom stereocenters. The van der Waals surface area contributed by atoms with Crippen LogP contribution in [-0.2, 0) is 9.53 Å². The first-order chi connectivity index (χ1) is 9.79. The van der Waals surface area contributed by atoms with Crippen LogP contribution in [0.2, 0.25) is 0 Å². The largest absolute Gasteiger partial charge is 0.459 e. The average molecular weight is 276 g/mol. The third-order valence-electron chi connectivity index (χ3n) is 3.86. The summed E-state index contributed by atoms with van der Waals surface area (Å²) in [6, 6.07) is 10.0. The number of carbonyl (C=O) groups is 1. The fraction of sp³-hybridized carbons (Fsp3) is 0.611. The summed E-state index contributed by atoms with van der Waals surface area (Å²) in [4.78, 5) is 10.7. The molecule has 0 N–H and O–H groups in total. The van der Waals surface area contributed by atoms with Gasteiger partial charge < -0.3 is 4.74 Å². The minimum Gasteiger partial charge on any atom is -0.459 e. The van der Waals surface area contributed by atoms with E-state index < -0.39 is 0 Å². The van der Waals surface area contributed by atoms with E-state index in [9.17, 15) is 4.79 Å². The first kappa shape index (κ1) is 16.7. The number of hydrogen-bond donors (Lipinski definition) is 0. The Labute approximate surface area is 123 Å². The van der Waals surface area contributed by atoms with Crippen molar-refractivity contribution in [1.82, 2.24) is 0 Å². The van der Waals surface area contributed by atoms with Crippen molar-refractivity contribution in [3.63, 3.8) is 0 Å². The molecule has 0 amide bonds. The predicted molar refractivity (Wildman–Crippen MR) is 83.5 cm³/mol. The standard InChI is InChI=1S/C18H28O2/c1-3-4-5-6-7-9-12-16(2)18(20-15-19)17-13-10-8-11-14-17/h8,10-11,13-16,18H,3-7,9,12H2,1-2H3. The number of benzene rings is 1. The summed E-state index contributed by atoms with van der Waals surface area (Å²) in [5.74, 6) is 0.369. The normalized spacial score (nSPS) is 13.7. The Bertz CT molecular complexity index is 348. The van der Waals surface area contributed by atoms with E-state index >= 15 is 0 Å². The maximum absolute atomic E-state index is 10.7. The zero-order valence-corrected chi connectivity index (χ0v) is 12.9. The molecule has 1 rings (SSSR count). The lowest BCUT2D eigenvalue weighted by Gasteiger charge is -2.22. The fourth-order valence-corrected chi connectivity index (χ4v) is 2.64. The monoisotopic (exact) mass is 276 g/mol. The predicted octanol–water partition coefficient (Wildman–Crippen LogP) is 5.29. The highest BCUT2D eigenvalue weighted by Gasteiger charge is 2.19. The zero-order valence-electron chi connectivity index (χ0n) is 12.9. The number of rotatable bonds is 11. The summed E-state index contributed by atoms with van der Waals surface area (Å²) < 4.78 is 5.30. The molecular formula is C18H28O2. The van der Waals surface area contributed by atoms with Crippen molar-refractivity contribution in [3.05, 3.63) is 35.9 Å². The number of unbranched alkanes of at least 4 members (excludes halogenated alkanes) is 5. The van der Waals surface area contributed by atoms with E-state index in [1.807, 2.05) is 30.3 Å². The molecule has 1 aromatic carbocycles. The van der Waals surface area contributed by atoms with Crippen LogP contribution in [0.25, 0.3) is 0 Å². The molecule has 0 spiro atoms. The van der Waals surface area contributed by atoms with Gasteiger partial charge in [0.15, 0.2) is 0 Å². The number of hydrogen-bond acceptors (Lipinski definition) is 2. The summed E-state index contributed by atoms with van der Waals surface area (Å²) in [6.45, 7) is 4.99. The highest BCUT2D eigenvalue weighted by Crippen LogP contribution is 2.29. The van der Waals surface area contributed by atoms with Crippen molar-refractivity contribution in [2.75, 3.05) is 0 Å². The second kappa shape index (κ2) is 10.5. The third-order valence-corrected chi connectivity index (χ3v) is 3.86. The van der Waals surface area contributed by atoms with Crippen LogP contribution >= 0.6 is 0 Å². The average Bonchev–Trinajstić information content (AvgIpc) is 2.49. The quantitative estimate of drug-likeness (QED) is 0.405. The molecule has 0 saturated heterocycles. The first-order valence-electron chi connectivity index (χ1n) is 7.93. The lowest BCUT2D eigenvalue weighted by molar-refractivity contribution is -0.136. The molecule has 2 unspecified atom stereocenters. The zero-order chi connectivity index (χ0) is 14.6. The Hall–Kier alpha value is -1.31. The maximum atomic E-state index is 10.7. The molecule has 1 aromatic rings. The van der Waals surface area contributed by atoms with Gasteiger partial charge in [-0.1, -0.05) is 82.7 Å². The smallest absolute Gasteiger partial charge is 0.293 e. The van der Waals surface area contributed by atoms with Gasteiger partial charge in [-0.05, 0) is 17.9 Å². The van der Waals surface area contributed by atoms with Gasteiger partial charge in [0.05, 0.1) is 0 Å². The Morgan fingerprint density at radius 1 is 1.05 bits per heavy atom. The van der Waals surface area contributed by atoms with Crippen LogP contribution in [0, 0.1) is 5.92 Å². The van der Waals surface area contributed by atoms with Crippen molar-refractivity contribution in [1.29, 1.82) is 0 Å². The van der Waals surface area contributed by atoms with Gasteiger partial charge in [-0.2, -0.15) is 0 Å². The van der Waals surface area contributed by atoms with Crippen LogP contribution in [0.15, 0.2) is 30.3 Å². The van der Waals surface area contributed by atoms with E-state index in [0.717, 1.165) is 12.0 Å². The van der Waals surface area contributed by atoms with E-state index in [1.165, 1.54) is 38.5 Å². The molecule has 0 aliphatic heterocycles. The molecule has 0 aromatic heterocycles. The fourth-order valence-electron chi connectivity index (χ4n) is 2.64. The molecule has 0 saturated carbocycles. The molecule has 2 nitrogen and oxygen atoms in total.